The minimum Gasteiger partial charge on any atom is -0.480 e. The van der Waals surface area contributed by atoms with Crippen LogP contribution in [0, 0.1) is 6.92 Å². The minimum absolute atomic E-state index is 0.281. The Morgan fingerprint density at radius 2 is 2.35 bits per heavy atom. The summed E-state index contributed by atoms with van der Waals surface area (Å²) in [6.07, 6.45) is 1.59. The molecule has 0 aromatic carbocycles. The molecule has 0 saturated heterocycles. The van der Waals surface area contributed by atoms with Crippen LogP contribution >= 0.6 is 0 Å². The van der Waals surface area contributed by atoms with Gasteiger partial charge in [0.05, 0.1) is 13.7 Å². The summed E-state index contributed by atoms with van der Waals surface area (Å²) >= 11 is 0. The molecule has 20 heavy (non-hydrogen) atoms. The van der Waals surface area contributed by atoms with E-state index in [1.54, 1.807) is 38.4 Å². The molecule has 2 aromatic heterocycles. The molecule has 7 nitrogen and oxygen atoms in total. The zero-order chi connectivity index (χ0) is 14.5. The molecule has 2 rings (SSSR count). The van der Waals surface area contributed by atoms with E-state index in [4.69, 9.17) is 9.26 Å². The van der Waals surface area contributed by atoms with E-state index in [2.05, 4.69) is 15.5 Å². The molecular formula is C13H16N4O3. The van der Waals surface area contributed by atoms with Gasteiger partial charge in [-0.15, -0.1) is 0 Å². The van der Waals surface area contributed by atoms with Crippen molar-refractivity contribution in [3.05, 3.63) is 35.9 Å². The summed E-state index contributed by atoms with van der Waals surface area (Å²) in [6.45, 7) is 2.16. The number of aryl methyl sites for hydroxylation is 1. The van der Waals surface area contributed by atoms with Crippen LogP contribution in [0.15, 0.2) is 28.9 Å². The lowest BCUT2D eigenvalue weighted by atomic mass is 10.3. The minimum atomic E-state index is -0.281. The molecule has 2 heterocycles. The number of urea groups is 1. The van der Waals surface area contributed by atoms with Crippen LogP contribution in [0.25, 0.3) is 0 Å². The number of ether oxygens (including phenoxy) is 1. The number of hydrogen-bond acceptors (Lipinski definition) is 5. The maximum absolute atomic E-state index is 12.1. The highest BCUT2D eigenvalue weighted by Crippen LogP contribution is 2.20. The Morgan fingerprint density at radius 1 is 1.55 bits per heavy atom. The smallest absolute Gasteiger partial charge is 0.322 e. The van der Waals surface area contributed by atoms with Gasteiger partial charge in [0, 0.05) is 19.3 Å². The van der Waals surface area contributed by atoms with Crippen molar-refractivity contribution < 1.29 is 14.1 Å². The van der Waals surface area contributed by atoms with E-state index in [1.807, 2.05) is 0 Å². The van der Waals surface area contributed by atoms with Gasteiger partial charge in [0.2, 0.25) is 5.88 Å². The van der Waals surface area contributed by atoms with E-state index >= 15 is 0 Å². The SMILES string of the molecule is COc1ncccc1NC(=O)N(C)Cc1cc(C)on1. The third-order valence-corrected chi connectivity index (χ3v) is 2.63. The standard InChI is InChI=1S/C13H16N4O3/c1-9-7-10(16-20-9)8-17(2)13(18)15-11-5-4-6-14-12(11)19-3/h4-7H,8H2,1-3H3,(H,15,18). The lowest BCUT2D eigenvalue weighted by Crippen LogP contribution is -2.31. The van der Waals surface area contributed by atoms with Gasteiger partial charge < -0.3 is 19.5 Å². The number of amides is 2. The lowest BCUT2D eigenvalue weighted by molar-refractivity contribution is 0.219. The van der Waals surface area contributed by atoms with Gasteiger partial charge in [-0.2, -0.15) is 0 Å². The summed E-state index contributed by atoms with van der Waals surface area (Å²) in [5.74, 6) is 1.08. The number of nitrogens with one attached hydrogen (secondary N) is 1. The first-order chi connectivity index (χ1) is 9.60. The fourth-order valence-corrected chi connectivity index (χ4v) is 1.67. The second-order valence-corrected chi connectivity index (χ2v) is 4.28. The molecule has 0 radical (unpaired) electrons. The molecule has 0 atom stereocenters. The topological polar surface area (TPSA) is 80.5 Å². The molecule has 106 valence electrons. The summed E-state index contributed by atoms with van der Waals surface area (Å²) in [5, 5.41) is 6.57. The second kappa shape index (κ2) is 6.05. The predicted octanol–water partition coefficient (Wildman–Crippen LogP) is 2.05. The molecule has 0 fully saturated rings. The average Bonchev–Trinajstić information content (AvgIpc) is 2.84. The van der Waals surface area contributed by atoms with Crippen molar-refractivity contribution in [2.24, 2.45) is 0 Å². The van der Waals surface area contributed by atoms with Crippen LogP contribution in [0.1, 0.15) is 11.5 Å². The Hall–Kier alpha value is -2.57. The number of carbonyl (C=O) groups is 1. The van der Waals surface area contributed by atoms with Crippen LogP contribution in [0.3, 0.4) is 0 Å². The van der Waals surface area contributed by atoms with Crippen molar-refractivity contribution in [3.63, 3.8) is 0 Å². The molecule has 0 unspecified atom stereocenters. The average molecular weight is 276 g/mol. The summed E-state index contributed by atoms with van der Waals surface area (Å²) in [6, 6.07) is 4.95. The molecule has 0 spiro atoms. The van der Waals surface area contributed by atoms with E-state index in [9.17, 15) is 4.79 Å². The van der Waals surface area contributed by atoms with Crippen LogP contribution in [0.5, 0.6) is 5.88 Å². The van der Waals surface area contributed by atoms with Gasteiger partial charge in [0.1, 0.15) is 17.1 Å². The van der Waals surface area contributed by atoms with Crippen LogP contribution < -0.4 is 10.1 Å². The van der Waals surface area contributed by atoms with Gasteiger partial charge in [-0.05, 0) is 19.1 Å². The molecule has 0 aliphatic rings. The Bertz CT molecular complexity index is 597. The first kappa shape index (κ1) is 13.9. The third-order valence-electron chi connectivity index (χ3n) is 2.63. The highest BCUT2D eigenvalue weighted by molar-refractivity contribution is 5.90. The number of carbonyl (C=O) groups excluding carboxylic acids is 1. The van der Waals surface area contributed by atoms with Crippen LogP contribution in [-0.4, -0.2) is 35.2 Å². The maximum atomic E-state index is 12.1. The fourth-order valence-electron chi connectivity index (χ4n) is 1.67. The molecule has 0 bridgehead atoms. The molecule has 0 aliphatic heterocycles. The van der Waals surface area contributed by atoms with Crippen molar-refractivity contribution in [2.45, 2.75) is 13.5 Å². The number of nitrogens with zero attached hydrogens (tertiary/aromatic N) is 3. The third kappa shape index (κ3) is 3.25. The van der Waals surface area contributed by atoms with Crippen molar-refractivity contribution in [1.29, 1.82) is 0 Å². The summed E-state index contributed by atoms with van der Waals surface area (Å²) in [7, 11) is 3.17. The normalized spacial score (nSPS) is 10.2. The van der Waals surface area contributed by atoms with Crippen LogP contribution in [-0.2, 0) is 6.54 Å². The largest absolute Gasteiger partial charge is 0.480 e. The summed E-state index contributed by atoms with van der Waals surface area (Å²) < 4.78 is 10.0. The number of methoxy groups -OCH3 is 1. The highest BCUT2D eigenvalue weighted by Gasteiger charge is 2.14. The van der Waals surface area contributed by atoms with E-state index in [0.29, 0.717) is 29.6 Å². The number of pyridine rings is 1. The number of aromatic nitrogens is 2. The Kier molecular flexibility index (Phi) is 4.19. The highest BCUT2D eigenvalue weighted by atomic mass is 16.5. The molecule has 7 heteroatoms. The quantitative estimate of drug-likeness (QED) is 0.924. The van der Waals surface area contributed by atoms with Crippen molar-refractivity contribution in [3.8, 4) is 5.88 Å². The molecule has 2 amide bonds. The van der Waals surface area contributed by atoms with Gasteiger partial charge in [-0.1, -0.05) is 5.16 Å². The van der Waals surface area contributed by atoms with Crippen LogP contribution in [0.2, 0.25) is 0 Å². The van der Waals surface area contributed by atoms with E-state index < -0.39 is 0 Å². The lowest BCUT2D eigenvalue weighted by Gasteiger charge is -2.17. The number of rotatable bonds is 4. The number of anilines is 1. The summed E-state index contributed by atoms with van der Waals surface area (Å²) in [5.41, 5.74) is 1.21. The van der Waals surface area contributed by atoms with E-state index in [-0.39, 0.29) is 6.03 Å². The van der Waals surface area contributed by atoms with Gasteiger partial charge in [0.15, 0.2) is 0 Å². The van der Waals surface area contributed by atoms with Gasteiger partial charge in [-0.3, -0.25) is 0 Å². The molecule has 1 N–H and O–H groups in total. The number of hydrogen-bond donors (Lipinski definition) is 1. The Labute approximate surface area is 116 Å². The molecule has 2 aromatic rings. The molecule has 0 saturated carbocycles. The van der Waals surface area contributed by atoms with Crippen molar-refractivity contribution in [2.75, 3.05) is 19.5 Å². The first-order valence-corrected chi connectivity index (χ1v) is 6.03. The summed E-state index contributed by atoms with van der Waals surface area (Å²) in [4.78, 5) is 17.6. The molecular weight excluding hydrogens is 260 g/mol. The van der Waals surface area contributed by atoms with Gasteiger partial charge in [-0.25, -0.2) is 9.78 Å². The Morgan fingerprint density at radius 3 is 3.00 bits per heavy atom. The monoisotopic (exact) mass is 276 g/mol. The van der Waals surface area contributed by atoms with Gasteiger partial charge in [0.25, 0.3) is 0 Å². The van der Waals surface area contributed by atoms with E-state index in [0.717, 1.165) is 0 Å². The Balaban J connectivity index is 2.00. The van der Waals surface area contributed by atoms with Crippen molar-refractivity contribution in [1.82, 2.24) is 15.0 Å². The first-order valence-electron chi connectivity index (χ1n) is 6.03. The van der Waals surface area contributed by atoms with E-state index in [1.165, 1.54) is 12.0 Å². The maximum Gasteiger partial charge on any atom is 0.322 e. The fraction of sp³-hybridized carbons (Fsp3) is 0.308. The predicted molar refractivity (Wildman–Crippen MR) is 72.5 cm³/mol. The van der Waals surface area contributed by atoms with Crippen LogP contribution in [0.4, 0.5) is 10.5 Å². The second-order valence-electron chi connectivity index (χ2n) is 4.28. The molecule has 0 aliphatic carbocycles. The zero-order valence-corrected chi connectivity index (χ0v) is 11.6. The zero-order valence-electron chi connectivity index (χ0n) is 11.6. The van der Waals surface area contributed by atoms with Gasteiger partial charge >= 0.3 is 6.03 Å². The van der Waals surface area contributed by atoms with Crippen molar-refractivity contribution >= 4 is 11.7 Å².